The van der Waals surface area contributed by atoms with E-state index in [0.717, 1.165) is 11.8 Å². The minimum Gasteiger partial charge on any atom is -0.345 e. The van der Waals surface area contributed by atoms with Crippen LogP contribution in [0.1, 0.15) is 42.5 Å². The monoisotopic (exact) mass is 300 g/mol. The van der Waals surface area contributed by atoms with Gasteiger partial charge in [-0.05, 0) is 55.2 Å². The summed E-state index contributed by atoms with van der Waals surface area (Å²) in [6.07, 6.45) is 5.82. The molecule has 0 heterocycles. The molecule has 3 atom stereocenters. The number of fused-ring (bicyclic) bond motifs is 2. The predicted octanol–water partition coefficient (Wildman–Crippen LogP) is 3.15. The number of anilines is 1. The number of benzene rings is 1. The van der Waals surface area contributed by atoms with Crippen LogP contribution in [0.2, 0.25) is 0 Å². The van der Waals surface area contributed by atoms with Gasteiger partial charge < -0.3 is 10.2 Å². The van der Waals surface area contributed by atoms with Crippen LogP contribution >= 0.6 is 0 Å². The van der Waals surface area contributed by atoms with Gasteiger partial charge in [0.05, 0.1) is 0 Å². The van der Waals surface area contributed by atoms with Gasteiger partial charge in [0.2, 0.25) is 5.91 Å². The first-order valence-corrected chi connectivity index (χ1v) is 8.14. The Hall–Kier alpha value is -1.84. The highest BCUT2D eigenvalue weighted by Gasteiger charge is 2.40. The average Bonchev–Trinajstić information content (AvgIpc) is 3.09. The highest BCUT2D eigenvalue weighted by atomic mass is 16.2. The van der Waals surface area contributed by atoms with Crippen molar-refractivity contribution in [1.29, 1.82) is 0 Å². The number of nitrogens with zero attached hydrogens (tertiary/aromatic N) is 1. The van der Waals surface area contributed by atoms with Crippen LogP contribution in [-0.4, -0.2) is 30.8 Å². The van der Waals surface area contributed by atoms with Crippen LogP contribution in [0.3, 0.4) is 0 Å². The van der Waals surface area contributed by atoms with Gasteiger partial charge in [0.15, 0.2) is 0 Å². The number of nitrogens with one attached hydrogen (secondary N) is 1. The lowest BCUT2D eigenvalue weighted by Gasteiger charge is -2.21. The molecule has 0 unspecified atom stereocenters. The fourth-order valence-electron chi connectivity index (χ4n) is 4.06. The smallest absolute Gasteiger partial charge is 0.253 e. The molecule has 4 nitrogen and oxygen atoms in total. The third-order valence-electron chi connectivity index (χ3n) is 5.13. The van der Waals surface area contributed by atoms with Crippen LogP contribution < -0.4 is 5.32 Å². The average molecular weight is 300 g/mol. The summed E-state index contributed by atoms with van der Waals surface area (Å²) in [5.41, 5.74) is 1.31. The van der Waals surface area contributed by atoms with Crippen molar-refractivity contribution in [3.63, 3.8) is 0 Å². The molecule has 1 aromatic rings. The van der Waals surface area contributed by atoms with Gasteiger partial charge in [-0.1, -0.05) is 12.5 Å². The molecule has 4 heteroatoms. The molecule has 2 aliphatic carbocycles. The van der Waals surface area contributed by atoms with Crippen molar-refractivity contribution in [3.8, 4) is 0 Å². The second kappa shape index (κ2) is 6.11. The molecule has 0 aliphatic heterocycles. The molecule has 2 bridgehead atoms. The fraction of sp³-hybridized carbons (Fsp3) is 0.556. The van der Waals surface area contributed by atoms with Crippen molar-refractivity contribution in [3.05, 3.63) is 29.8 Å². The maximum absolute atomic E-state index is 12.3. The first-order chi connectivity index (χ1) is 10.5. The maximum atomic E-state index is 12.3. The van der Waals surface area contributed by atoms with Crippen molar-refractivity contribution in [2.75, 3.05) is 19.4 Å². The van der Waals surface area contributed by atoms with E-state index >= 15 is 0 Å². The molecule has 1 N–H and O–H groups in total. The molecule has 2 fully saturated rings. The zero-order chi connectivity index (χ0) is 15.7. The standard InChI is InChI=1S/C18H24N2O2/c1-20(2)18(22)14-4-3-5-16(10-14)19-17(21)11-15-9-12-6-7-13(15)8-12/h3-5,10,12-13,15H,6-9,11H2,1-2H3,(H,19,21)/t12-,13-,15-/m0/s1. The van der Waals surface area contributed by atoms with E-state index in [0.29, 0.717) is 23.6 Å². The fourth-order valence-corrected chi connectivity index (χ4v) is 4.06. The molecule has 0 radical (unpaired) electrons. The summed E-state index contributed by atoms with van der Waals surface area (Å²) >= 11 is 0. The Balaban J connectivity index is 1.59. The van der Waals surface area contributed by atoms with Gasteiger partial charge in [-0.25, -0.2) is 0 Å². The second-order valence-corrected chi connectivity index (χ2v) is 6.97. The number of carbonyl (C=O) groups excluding carboxylic acids is 2. The number of rotatable bonds is 4. The van der Waals surface area contributed by atoms with Gasteiger partial charge in [-0.15, -0.1) is 0 Å². The zero-order valence-electron chi connectivity index (χ0n) is 13.3. The lowest BCUT2D eigenvalue weighted by Crippen LogP contribution is -2.22. The summed E-state index contributed by atoms with van der Waals surface area (Å²) in [5, 5.41) is 2.95. The number of hydrogen-bond acceptors (Lipinski definition) is 2. The Morgan fingerprint density at radius 2 is 2.05 bits per heavy atom. The highest BCUT2D eigenvalue weighted by molar-refractivity contribution is 5.97. The third-order valence-corrected chi connectivity index (χ3v) is 5.13. The van der Waals surface area contributed by atoms with Crippen molar-refractivity contribution in [1.82, 2.24) is 4.90 Å². The molecular formula is C18H24N2O2. The molecule has 3 rings (SSSR count). The van der Waals surface area contributed by atoms with Crippen LogP contribution in [0.25, 0.3) is 0 Å². The molecule has 2 saturated carbocycles. The minimum atomic E-state index is -0.0517. The van der Waals surface area contributed by atoms with E-state index < -0.39 is 0 Å². The Kier molecular flexibility index (Phi) is 4.19. The Bertz CT molecular complexity index is 582. The number of carbonyl (C=O) groups is 2. The van der Waals surface area contributed by atoms with E-state index in [-0.39, 0.29) is 11.8 Å². The van der Waals surface area contributed by atoms with E-state index in [1.165, 1.54) is 30.6 Å². The van der Waals surface area contributed by atoms with Crippen LogP contribution in [0.15, 0.2) is 24.3 Å². The van der Waals surface area contributed by atoms with E-state index in [4.69, 9.17) is 0 Å². The Morgan fingerprint density at radius 1 is 1.23 bits per heavy atom. The largest absolute Gasteiger partial charge is 0.345 e. The van der Waals surface area contributed by atoms with Gasteiger partial charge in [0, 0.05) is 31.8 Å². The summed E-state index contributed by atoms with van der Waals surface area (Å²) in [7, 11) is 3.45. The molecule has 0 saturated heterocycles. The molecule has 2 aliphatic rings. The topological polar surface area (TPSA) is 49.4 Å². The molecule has 0 aromatic heterocycles. The van der Waals surface area contributed by atoms with Gasteiger partial charge in [-0.3, -0.25) is 9.59 Å². The summed E-state index contributed by atoms with van der Waals surface area (Å²) in [6.45, 7) is 0. The first-order valence-electron chi connectivity index (χ1n) is 8.14. The molecular weight excluding hydrogens is 276 g/mol. The van der Waals surface area contributed by atoms with E-state index in [9.17, 15) is 9.59 Å². The van der Waals surface area contributed by atoms with Crippen LogP contribution in [0.5, 0.6) is 0 Å². The number of amides is 2. The summed E-state index contributed by atoms with van der Waals surface area (Å²) in [4.78, 5) is 25.8. The zero-order valence-corrected chi connectivity index (χ0v) is 13.3. The van der Waals surface area contributed by atoms with E-state index in [1.807, 2.05) is 12.1 Å². The van der Waals surface area contributed by atoms with Gasteiger partial charge in [0.1, 0.15) is 0 Å². The van der Waals surface area contributed by atoms with Crippen molar-refractivity contribution in [2.45, 2.75) is 32.1 Å². The summed E-state index contributed by atoms with van der Waals surface area (Å²) in [5.74, 6) is 2.21. The molecule has 22 heavy (non-hydrogen) atoms. The molecule has 1 aromatic carbocycles. The van der Waals surface area contributed by atoms with Gasteiger partial charge in [0.25, 0.3) is 5.91 Å². The van der Waals surface area contributed by atoms with Crippen LogP contribution in [0.4, 0.5) is 5.69 Å². The van der Waals surface area contributed by atoms with Crippen molar-refractivity contribution < 1.29 is 9.59 Å². The molecule has 118 valence electrons. The van der Waals surface area contributed by atoms with Gasteiger partial charge in [-0.2, -0.15) is 0 Å². The normalized spacial score (nSPS) is 26.0. The van der Waals surface area contributed by atoms with E-state index in [1.54, 1.807) is 26.2 Å². The molecule has 2 amide bonds. The highest BCUT2D eigenvalue weighted by Crippen LogP contribution is 2.49. The van der Waals surface area contributed by atoms with E-state index in [2.05, 4.69) is 5.32 Å². The maximum Gasteiger partial charge on any atom is 0.253 e. The minimum absolute atomic E-state index is 0.0517. The van der Waals surface area contributed by atoms with Crippen molar-refractivity contribution >= 4 is 17.5 Å². The Morgan fingerprint density at radius 3 is 2.68 bits per heavy atom. The second-order valence-electron chi connectivity index (χ2n) is 6.97. The number of hydrogen-bond donors (Lipinski definition) is 1. The lowest BCUT2D eigenvalue weighted by molar-refractivity contribution is -0.117. The third kappa shape index (κ3) is 3.16. The summed E-state index contributed by atoms with van der Waals surface area (Å²) < 4.78 is 0. The predicted molar refractivity (Wildman–Crippen MR) is 86.6 cm³/mol. The summed E-state index contributed by atoms with van der Waals surface area (Å²) in [6, 6.07) is 7.17. The van der Waals surface area contributed by atoms with Crippen LogP contribution in [0, 0.1) is 17.8 Å². The van der Waals surface area contributed by atoms with Gasteiger partial charge >= 0.3 is 0 Å². The Labute approximate surface area is 131 Å². The first kappa shape index (κ1) is 15.1. The SMILES string of the molecule is CN(C)C(=O)c1cccc(NC(=O)C[C@@H]2C[C@H]3CC[C@H]2C3)c1. The van der Waals surface area contributed by atoms with Crippen LogP contribution in [-0.2, 0) is 4.79 Å². The van der Waals surface area contributed by atoms with Crippen molar-refractivity contribution in [2.24, 2.45) is 17.8 Å². The quantitative estimate of drug-likeness (QED) is 0.928. The lowest BCUT2D eigenvalue weighted by atomic mass is 9.86. The molecule has 0 spiro atoms.